The number of carbonyl (C=O) groups is 2. The van der Waals surface area contributed by atoms with Crippen LogP contribution in [-0.2, 0) is 9.59 Å². The molecule has 0 spiro atoms. The minimum atomic E-state index is -0.526. The number of thioether (sulfide) groups is 1. The van der Waals surface area contributed by atoms with Crippen LogP contribution in [0.1, 0.15) is 23.6 Å². The van der Waals surface area contributed by atoms with Crippen molar-refractivity contribution in [2.24, 2.45) is 0 Å². The van der Waals surface area contributed by atoms with Crippen LogP contribution in [0.3, 0.4) is 0 Å². The van der Waals surface area contributed by atoms with E-state index >= 15 is 0 Å². The summed E-state index contributed by atoms with van der Waals surface area (Å²) in [5.74, 6) is 0.380. The number of amides is 2. The van der Waals surface area contributed by atoms with Crippen molar-refractivity contribution < 1.29 is 14.3 Å². The lowest BCUT2D eigenvalue weighted by molar-refractivity contribution is -0.128. The Bertz CT molecular complexity index is 1030. The van der Waals surface area contributed by atoms with Gasteiger partial charge in [0.05, 0.1) is 27.6 Å². The van der Waals surface area contributed by atoms with E-state index in [1.54, 1.807) is 24.3 Å². The van der Waals surface area contributed by atoms with Gasteiger partial charge in [0, 0.05) is 0 Å². The fourth-order valence-corrected chi connectivity index (χ4v) is 3.23. The fourth-order valence-electron chi connectivity index (χ4n) is 2.48. The van der Waals surface area contributed by atoms with Crippen LogP contribution in [0, 0.1) is 11.3 Å². The number of para-hydroxylation sites is 3. The van der Waals surface area contributed by atoms with Crippen LogP contribution < -0.4 is 15.6 Å². The first-order valence-corrected chi connectivity index (χ1v) is 9.87. The third kappa shape index (κ3) is 5.49. The van der Waals surface area contributed by atoms with Crippen LogP contribution in [0.25, 0.3) is 11.0 Å². The zero-order chi connectivity index (χ0) is 20.6. The summed E-state index contributed by atoms with van der Waals surface area (Å²) in [5, 5.41) is 8.97. The second-order valence-corrected chi connectivity index (χ2v) is 7.41. The van der Waals surface area contributed by atoms with Crippen LogP contribution in [0.15, 0.2) is 48.5 Å². The predicted octanol–water partition coefficient (Wildman–Crippen LogP) is 2.46. The zero-order valence-corrected chi connectivity index (χ0v) is 16.5. The van der Waals surface area contributed by atoms with Crippen molar-refractivity contribution >= 4 is 34.6 Å². The second-order valence-electron chi connectivity index (χ2n) is 6.09. The average molecular weight is 409 g/mol. The molecule has 3 N–H and O–H groups in total. The van der Waals surface area contributed by atoms with E-state index < -0.39 is 5.91 Å². The molecule has 9 heteroatoms. The summed E-state index contributed by atoms with van der Waals surface area (Å²) in [5.41, 5.74) is 6.80. The molecule has 0 bridgehead atoms. The molecule has 0 fully saturated rings. The molecule has 2 aromatic carbocycles. The Labute approximate surface area is 171 Å². The monoisotopic (exact) mass is 409 g/mol. The molecule has 148 valence electrons. The molecule has 0 aliphatic rings. The summed E-state index contributed by atoms with van der Waals surface area (Å²) >= 11 is 1.40. The second kappa shape index (κ2) is 9.61. The van der Waals surface area contributed by atoms with Gasteiger partial charge in [-0.3, -0.25) is 20.4 Å². The molecular weight excluding hydrogens is 390 g/mol. The summed E-state index contributed by atoms with van der Waals surface area (Å²) in [6.45, 7) is 1.64. The number of aromatic amines is 1. The minimum absolute atomic E-state index is 0.0188. The van der Waals surface area contributed by atoms with Gasteiger partial charge in [0.15, 0.2) is 6.61 Å². The number of nitrogens with zero attached hydrogens (tertiary/aromatic N) is 2. The summed E-state index contributed by atoms with van der Waals surface area (Å²) < 4.78 is 5.30. The Morgan fingerprint density at radius 3 is 2.69 bits per heavy atom. The van der Waals surface area contributed by atoms with Gasteiger partial charge in [-0.2, -0.15) is 5.26 Å². The van der Waals surface area contributed by atoms with Crippen LogP contribution in [0.2, 0.25) is 0 Å². The van der Waals surface area contributed by atoms with E-state index in [1.807, 2.05) is 37.3 Å². The number of fused-ring (bicyclic) bond motifs is 1. The first-order valence-electron chi connectivity index (χ1n) is 8.82. The molecular formula is C20H19N5O3S. The highest BCUT2D eigenvalue weighted by Crippen LogP contribution is 2.27. The number of aromatic nitrogens is 2. The smallest absolute Gasteiger partial charge is 0.276 e. The third-order valence-corrected chi connectivity index (χ3v) is 5.12. The van der Waals surface area contributed by atoms with E-state index in [-0.39, 0.29) is 23.5 Å². The third-order valence-electron chi connectivity index (χ3n) is 3.96. The van der Waals surface area contributed by atoms with Crippen molar-refractivity contribution in [3.63, 3.8) is 0 Å². The van der Waals surface area contributed by atoms with Gasteiger partial charge in [-0.05, 0) is 31.2 Å². The Morgan fingerprint density at radius 2 is 1.90 bits per heavy atom. The normalized spacial score (nSPS) is 11.4. The first-order chi connectivity index (χ1) is 14.1. The number of hydrogen-bond acceptors (Lipinski definition) is 6. The molecule has 8 nitrogen and oxygen atoms in total. The van der Waals surface area contributed by atoms with Gasteiger partial charge in [-0.15, -0.1) is 11.8 Å². The number of hydrogen-bond donors (Lipinski definition) is 3. The molecule has 0 saturated carbocycles. The van der Waals surface area contributed by atoms with Crippen molar-refractivity contribution in [2.45, 2.75) is 12.2 Å². The molecule has 29 heavy (non-hydrogen) atoms. The number of nitrogens with one attached hydrogen (secondary N) is 3. The number of H-pyrrole nitrogens is 1. The molecule has 0 radical (unpaired) electrons. The zero-order valence-electron chi connectivity index (χ0n) is 15.6. The lowest BCUT2D eigenvalue weighted by Crippen LogP contribution is -2.44. The van der Waals surface area contributed by atoms with Gasteiger partial charge in [0.1, 0.15) is 17.6 Å². The van der Waals surface area contributed by atoms with Gasteiger partial charge < -0.3 is 9.72 Å². The Morgan fingerprint density at radius 1 is 1.17 bits per heavy atom. The Kier molecular flexibility index (Phi) is 6.71. The molecule has 0 saturated heterocycles. The van der Waals surface area contributed by atoms with E-state index in [0.29, 0.717) is 11.3 Å². The topological polar surface area (TPSA) is 120 Å². The van der Waals surface area contributed by atoms with Crippen molar-refractivity contribution in [3.05, 3.63) is 59.9 Å². The van der Waals surface area contributed by atoms with Gasteiger partial charge in [0.25, 0.3) is 5.91 Å². The van der Waals surface area contributed by atoms with Crippen molar-refractivity contribution in [1.29, 1.82) is 5.26 Å². The lowest BCUT2D eigenvalue weighted by atomic mass is 10.2. The first kappa shape index (κ1) is 20.2. The maximum atomic E-state index is 12.0. The van der Waals surface area contributed by atoms with E-state index in [2.05, 4.69) is 20.8 Å². The van der Waals surface area contributed by atoms with E-state index in [1.165, 1.54) is 11.8 Å². The maximum absolute atomic E-state index is 12.0. The summed E-state index contributed by atoms with van der Waals surface area (Å²) in [4.78, 5) is 31.5. The molecule has 3 rings (SSSR count). The highest BCUT2D eigenvalue weighted by molar-refractivity contribution is 8.00. The number of nitriles is 1. The Balaban J connectivity index is 1.40. The maximum Gasteiger partial charge on any atom is 0.276 e. The lowest BCUT2D eigenvalue weighted by Gasteiger charge is -2.11. The Hall–Kier alpha value is -3.51. The van der Waals surface area contributed by atoms with Crippen molar-refractivity contribution in [1.82, 2.24) is 20.8 Å². The predicted molar refractivity (Wildman–Crippen MR) is 110 cm³/mol. The average Bonchev–Trinajstić information content (AvgIpc) is 3.19. The van der Waals surface area contributed by atoms with Crippen molar-refractivity contribution in [3.8, 4) is 11.8 Å². The van der Waals surface area contributed by atoms with E-state index in [9.17, 15) is 9.59 Å². The molecule has 1 heterocycles. The summed E-state index contributed by atoms with van der Waals surface area (Å²) in [7, 11) is 0. The van der Waals surface area contributed by atoms with Crippen molar-refractivity contribution in [2.75, 3.05) is 12.4 Å². The number of ether oxygens (including phenoxy) is 1. The fraction of sp³-hybridized carbons (Fsp3) is 0.200. The highest BCUT2D eigenvalue weighted by atomic mass is 32.2. The molecule has 3 aromatic rings. The highest BCUT2D eigenvalue weighted by Gasteiger charge is 2.14. The quantitative estimate of drug-likeness (QED) is 0.516. The van der Waals surface area contributed by atoms with E-state index in [0.717, 1.165) is 16.9 Å². The van der Waals surface area contributed by atoms with Gasteiger partial charge in [-0.1, -0.05) is 24.3 Å². The van der Waals surface area contributed by atoms with E-state index in [4.69, 9.17) is 10.00 Å². The summed E-state index contributed by atoms with van der Waals surface area (Å²) in [6.07, 6.45) is 0. The largest absolute Gasteiger partial charge is 0.482 e. The molecule has 1 atom stereocenters. The number of carbonyl (C=O) groups excluding carboxylic acids is 2. The van der Waals surface area contributed by atoms with Crippen LogP contribution in [-0.4, -0.2) is 34.1 Å². The number of rotatable bonds is 7. The molecule has 2 amide bonds. The number of hydrazine groups is 1. The molecule has 0 aliphatic heterocycles. The van der Waals surface area contributed by atoms with Crippen LogP contribution >= 0.6 is 11.8 Å². The van der Waals surface area contributed by atoms with Crippen LogP contribution in [0.4, 0.5) is 0 Å². The number of benzene rings is 2. The number of imidazole rings is 1. The van der Waals surface area contributed by atoms with Gasteiger partial charge in [0.2, 0.25) is 5.91 Å². The minimum Gasteiger partial charge on any atom is -0.482 e. The molecule has 1 aromatic heterocycles. The summed E-state index contributed by atoms with van der Waals surface area (Å²) in [6, 6.07) is 16.3. The van der Waals surface area contributed by atoms with Gasteiger partial charge >= 0.3 is 0 Å². The SMILES string of the molecule is C[C@@H](SCC(=O)NNC(=O)COc1ccccc1C#N)c1nc2ccccc2[nH]1. The standard InChI is InChI=1S/C20H19N5O3S/c1-13(20-22-15-7-3-4-8-16(15)23-20)29-12-19(27)25-24-18(26)11-28-17-9-5-2-6-14(17)10-21/h2-9,13H,11-12H2,1H3,(H,22,23)(H,24,26)(H,25,27)/t13-/m1/s1. The molecule has 0 aliphatic carbocycles. The van der Waals surface area contributed by atoms with Gasteiger partial charge in [-0.25, -0.2) is 4.98 Å². The molecule has 0 unspecified atom stereocenters. The van der Waals surface area contributed by atoms with Crippen LogP contribution in [0.5, 0.6) is 5.75 Å².